The van der Waals surface area contributed by atoms with Crippen molar-refractivity contribution in [2.75, 3.05) is 0 Å². The fourth-order valence-corrected chi connectivity index (χ4v) is 2.34. The third-order valence-electron chi connectivity index (χ3n) is 2.36. The molecule has 0 spiro atoms. The molecule has 0 fully saturated rings. The van der Waals surface area contributed by atoms with Crippen molar-refractivity contribution < 1.29 is 0 Å². The van der Waals surface area contributed by atoms with Crippen molar-refractivity contribution in [1.82, 2.24) is 9.97 Å². The molecule has 0 saturated carbocycles. The average Bonchev–Trinajstić information content (AvgIpc) is 2.37. The largest absolute Gasteiger partial charge is 0.232 e. The zero-order valence-corrected chi connectivity index (χ0v) is 12.0. The van der Waals surface area contributed by atoms with E-state index in [1.54, 1.807) is 6.07 Å². The molecule has 0 N–H and O–H groups in total. The first kappa shape index (κ1) is 13.4. The lowest BCUT2D eigenvalue weighted by Gasteiger charge is -2.07. The summed E-state index contributed by atoms with van der Waals surface area (Å²) in [6.07, 6.45) is 0. The molecule has 2 aromatic rings. The van der Waals surface area contributed by atoms with E-state index < -0.39 is 0 Å². The summed E-state index contributed by atoms with van der Waals surface area (Å²) in [6.45, 7) is 4.32. The van der Waals surface area contributed by atoms with E-state index in [9.17, 15) is 0 Å². The molecule has 0 atom stereocenters. The maximum absolute atomic E-state index is 6.05. The Hall–Kier alpha value is -1.06. The summed E-state index contributed by atoms with van der Waals surface area (Å²) >= 11 is 7.87. The van der Waals surface area contributed by atoms with Crippen LogP contribution < -0.4 is 0 Å². The zero-order chi connectivity index (χ0) is 13.0. The second-order valence-corrected chi connectivity index (χ2v) is 6.17. The van der Waals surface area contributed by atoms with E-state index in [1.165, 1.54) is 0 Å². The number of halogens is 1. The van der Waals surface area contributed by atoms with E-state index in [0.717, 1.165) is 22.8 Å². The van der Waals surface area contributed by atoms with E-state index >= 15 is 0 Å². The number of nitrogens with zero attached hydrogens (tertiary/aromatic N) is 2. The zero-order valence-electron chi connectivity index (χ0n) is 10.4. The Morgan fingerprint density at radius 1 is 1.17 bits per heavy atom. The lowest BCUT2D eigenvalue weighted by Crippen LogP contribution is -1.98. The molecule has 1 aromatic heterocycles. The summed E-state index contributed by atoms with van der Waals surface area (Å²) in [5.74, 6) is 1.58. The Balaban J connectivity index is 2.27. The standard InChI is InChI=1S/C14H15ClN2S/c1-10(2)18-9-14-16-12(8-13(15)17-14)11-6-4-3-5-7-11/h3-8,10H,9H2,1-2H3. The van der Waals surface area contributed by atoms with Gasteiger partial charge < -0.3 is 0 Å². The van der Waals surface area contributed by atoms with Crippen LogP contribution in [-0.2, 0) is 5.75 Å². The molecule has 0 aliphatic carbocycles. The molecule has 18 heavy (non-hydrogen) atoms. The Bertz CT molecular complexity index is 514. The lowest BCUT2D eigenvalue weighted by molar-refractivity contribution is 1.03. The molecule has 0 aliphatic rings. The molecule has 0 amide bonds. The van der Waals surface area contributed by atoms with Crippen LogP contribution in [0.1, 0.15) is 19.7 Å². The summed E-state index contributed by atoms with van der Waals surface area (Å²) in [7, 11) is 0. The van der Waals surface area contributed by atoms with Gasteiger partial charge in [-0.3, -0.25) is 0 Å². The Labute approximate surface area is 117 Å². The average molecular weight is 279 g/mol. The van der Waals surface area contributed by atoms with E-state index in [0.29, 0.717) is 10.4 Å². The van der Waals surface area contributed by atoms with Crippen LogP contribution in [0.4, 0.5) is 0 Å². The fourth-order valence-electron chi connectivity index (χ4n) is 1.53. The minimum atomic E-state index is 0.503. The van der Waals surface area contributed by atoms with E-state index in [-0.39, 0.29) is 0 Å². The lowest BCUT2D eigenvalue weighted by atomic mass is 10.1. The molecule has 94 valence electrons. The first-order valence-corrected chi connectivity index (χ1v) is 7.28. The van der Waals surface area contributed by atoms with Gasteiger partial charge in [-0.05, 0) is 5.25 Å². The van der Waals surface area contributed by atoms with Crippen LogP contribution in [0.2, 0.25) is 5.15 Å². The molecular weight excluding hydrogens is 264 g/mol. The minimum absolute atomic E-state index is 0.503. The molecule has 1 heterocycles. The molecule has 2 rings (SSSR count). The van der Waals surface area contributed by atoms with E-state index in [1.807, 2.05) is 42.1 Å². The smallest absolute Gasteiger partial charge is 0.140 e. The van der Waals surface area contributed by atoms with Gasteiger partial charge >= 0.3 is 0 Å². The van der Waals surface area contributed by atoms with E-state index in [2.05, 4.69) is 23.8 Å². The van der Waals surface area contributed by atoms with Gasteiger partial charge in [0.25, 0.3) is 0 Å². The highest BCUT2D eigenvalue weighted by molar-refractivity contribution is 7.99. The van der Waals surface area contributed by atoms with Crippen LogP contribution >= 0.6 is 23.4 Å². The predicted molar refractivity (Wildman–Crippen MR) is 78.9 cm³/mol. The predicted octanol–water partition coefficient (Wildman–Crippen LogP) is 4.44. The molecule has 0 saturated heterocycles. The van der Waals surface area contributed by atoms with Crippen molar-refractivity contribution in [2.45, 2.75) is 24.9 Å². The summed E-state index contributed by atoms with van der Waals surface area (Å²) in [6, 6.07) is 11.8. The van der Waals surface area contributed by atoms with Gasteiger partial charge in [0.05, 0.1) is 11.4 Å². The molecule has 2 nitrogen and oxygen atoms in total. The first-order valence-electron chi connectivity index (χ1n) is 5.85. The van der Waals surface area contributed by atoms with Crippen LogP contribution in [-0.4, -0.2) is 15.2 Å². The van der Waals surface area contributed by atoms with Gasteiger partial charge in [0.2, 0.25) is 0 Å². The van der Waals surface area contributed by atoms with Crippen LogP contribution in [0.15, 0.2) is 36.4 Å². The first-order chi connectivity index (χ1) is 8.65. The monoisotopic (exact) mass is 278 g/mol. The summed E-state index contributed by atoms with van der Waals surface area (Å²) in [5, 5.41) is 1.07. The summed E-state index contributed by atoms with van der Waals surface area (Å²) in [5.41, 5.74) is 1.95. The third kappa shape index (κ3) is 3.72. The van der Waals surface area contributed by atoms with Crippen LogP contribution in [0.25, 0.3) is 11.3 Å². The number of hydrogen-bond donors (Lipinski definition) is 0. The van der Waals surface area contributed by atoms with Gasteiger partial charge in [-0.1, -0.05) is 55.8 Å². The molecular formula is C14H15ClN2S. The van der Waals surface area contributed by atoms with Gasteiger partial charge in [0, 0.05) is 11.6 Å². The Morgan fingerprint density at radius 3 is 2.56 bits per heavy atom. The number of hydrogen-bond acceptors (Lipinski definition) is 3. The maximum Gasteiger partial charge on any atom is 0.140 e. The van der Waals surface area contributed by atoms with Gasteiger partial charge in [0.1, 0.15) is 11.0 Å². The SMILES string of the molecule is CC(C)SCc1nc(Cl)cc(-c2ccccc2)n1. The quantitative estimate of drug-likeness (QED) is 0.773. The van der Waals surface area contributed by atoms with Crippen LogP contribution in [0.3, 0.4) is 0 Å². The van der Waals surface area contributed by atoms with Crippen molar-refractivity contribution in [3.05, 3.63) is 47.4 Å². The maximum atomic E-state index is 6.05. The fraction of sp³-hybridized carbons (Fsp3) is 0.286. The second-order valence-electron chi connectivity index (χ2n) is 4.22. The van der Waals surface area contributed by atoms with Gasteiger partial charge in [-0.25, -0.2) is 9.97 Å². The van der Waals surface area contributed by atoms with E-state index in [4.69, 9.17) is 11.6 Å². The molecule has 0 radical (unpaired) electrons. The van der Waals surface area contributed by atoms with Crippen molar-refractivity contribution in [3.8, 4) is 11.3 Å². The number of benzene rings is 1. The molecule has 4 heteroatoms. The van der Waals surface area contributed by atoms with Crippen LogP contribution in [0.5, 0.6) is 0 Å². The second kappa shape index (κ2) is 6.21. The van der Waals surface area contributed by atoms with Crippen molar-refractivity contribution >= 4 is 23.4 Å². The minimum Gasteiger partial charge on any atom is -0.232 e. The van der Waals surface area contributed by atoms with Gasteiger partial charge in [-0.15, -0.1) is 0 Å². The molecule has 1 aromatic carbocycles. The molecule has 0 bridgehead atoms. The Kier molecular flexibility index (Phi) is 4.61. The highest BCUT2D eigenvalue weighted by Crippen LogP contribution is 2.22. The summed E-state index contributed by atoms with van der Waals surface area (Å²) < 4.78 is 0. The third-order valence-corrected chi connectivity index (χ3v) is 3.64. The molecule has 0 unspecified atom stereocenters. The van der Waals surface area contributed by atoms with Crippen LogP contribution in [0, 0.1) is 0 Å². The topological polar surface area (TPSA) is 25.8 Å². The van der Waals surface area contributed by atoms with Gasteiger partial charge in [-0.2, -0.15) is 11.8 Å². The van der Waals surface area contributed by atoms with Crippen molar-refractivity contribution in [1.29, 1.82) is 0 Å². The highest BCUT2D eigenvalue weighted by Gasteiger charge is 2.06. The highest BCUT2D eigenvalue weighted by atomic mass is 35.5. The Morgan fingerprint density at radius 2 is 1.89 bits per heavy atom. The van der Waals surface area contributed by atoms with Gasteiger partial charge in [0.15, 0.2) is 0 Å². The number of rotatable bonds is 4. The number of thioether (sulfide) groups is 1. The molecule has 0 aliphatic heterocycles. The van der Waals surface area contributed by atoms with Crippen molar-refractivity contribution in [3.63, 3.8) is 0 Å². The summed E-state index contributed by atoms with van der Waals surface area (Å²) in [4.78, 5) is 8.82. The number of aromatic nitrogens is 2. The normalized spacial score (nSPS) is 10.9. The van der Waals surface area contributed by atoms with Crippen molar-refractivity contribution in [2.24, 2.45) is 0 Å².